The summed E-state index contributed by atoms with van der Waals surface area (Å²) in [5.41, 5.74) is 6.83. The summed E-state index contributed by atoms with van der Waals surface area (Å²) in [6.45, 7) is 0. The van der Waals surface area contributed by atoms with Gasteiger partial charge < -0.3 is 10.7 Å². The van der Waals surface area contributed by atoms with Gasteiger partial charge in [-0.2, -0.15) is 0 Å². The van der Waals surface area contributed by atoms with Crippen molar-refractivity contribution in [2.75, 3.05) is 0 Å². The number of carbonyl (C=O) groups excluding carboxylic acids is 1. The number of nitrogens with zero attached hydrogens (tertiary/aromatic N) is 1. The van der Waals surface area contributed by atoms with E-state index < -0.39 is 6.03 Å². The molecule has 0 unspecified atom stereocenters. The van der Waals surface area contributed by atoms with Crippen molar-refractivity contribution in [3.8, 4) is 11.4 Å². The third-order valence-corrected chi connectivity index (χ3v) is 1.86. The molecule has 2 aromatic rings. The Morgan fingerprint density at radius 3 is 2.85 bits per heavy atom. The van der Waals surface area contributed by atoms with Crippen LogP contribution in [-0.4, -0.2) is 15.6 Å². The zero-order valence-electron chi connectivity index (χ0n) is 6.90. The number of amides is 1. The van der Waals surface area contributed by atoms with Crippen LogP contribution in [0.15, 0.2) is 36.7 Å². The van der Waals surface area contributed by atoms with Gasteiger partial charge in [-0.05, 0) is 24.3 Å². The fourth-order valence-electron chi connectivity index (χ4n) is 1.28. The molecular formula is C9H9N3O. The molecule has 2 aromatic heterocycles. The van der Waals surface area contributed by atoms with Gasteiger partial charge >= 0.3 is 6.03 Å². The van der Waals surface area contributed by atoms with Crippen molar-refractivity contribution in [2.45, 2.75) is 0 Å². The molecule has 0 aliphatic rings. The van der Waals surface area contributed by atoms with Crippen LogP contribution in [-0.2, 0) is 0 Å². The lowest BCUT2D eigenvalue weighted by Gasteiger charge is -2.01. The predicted molar refractivity (Wildman–Crippen MR) is 49.2 cm³/mol. The molecule has 0 aliphatic heterocycles. The Kier molecular flexibility index (Phi) is 1.66. The maximum Gasteiger partial charge on any atom is 0.323 e. The number of H-pyrrole nitrogens is 1. The van der Waals surface area contributed by atoms with Crippen LogP contribution in [0.5, 0.6) is 0 Å². The Morgan fingerprint density at radius 2 is 2.23 bits per heavy atom. The molecule has 0 aliphatic carbocycles. The van der Waals surface area contributed by atoms with Crippen LogP contribution in [0.25, 0.3) is 11.4 Å². The van der Waals surface area contributed by atoms with Gasteiger partial charge in [-0.25, -0.2) is 4.79 Å². The second-order valence-electron chi connectivity index (χ2n) is 2.69. The molecule has 66 valence electrons. The first-order valence-corrected chi connectivity index (χ1v) is 3.90. The number of carbonyl (C=O) groups is 1. The molecule has 0 radical (unpaired) electrons. The summed E-state index contributed by atoms with van der Waals surface area (Å²) < 4.78 is 1.39. The lowest BCUT2D eigenvalue weighted by atomic mass is 10.3. The molecule has 2 rings (SSSR count). The van der Waals surface area contributed by atoms with Gasteiger partial charge in [-0.15, -0.1) is 0 Å². The number of aromatic amines is 1. The molecule has 1 amide bonds. The number of aromatic nitrogens is 2. The Bertz CT molecular complexity index is 414. The van der Waals surface area contributed by atoms with Gasteiger partial charge in [-0.1, -0.05) is 0 Å². The third kappa shape index (κ3) is 1.22. The van der Waals surface area contributed by atoms with Crippen molar-refractivity contribution in [3.05, 3.63) is 36.7 Å². The molecule has 0 spiro atoms. The van der Waals surface area contributed by atoms with Gasteiger partial charge in [0.1, 0.15) is 0 Å². The fourth-order valence-corrected chi connectivity index (χ4v) is 1.28. The second-order valence-corrected chi connectivity index (χ2v) is 2.69. The average molecular weight is 175 g/mol. The number of primary amides is 1. The highest BCUT2D eigenvalue weighted by molar-refractivity contribution is 5.80. The first-order valence-electron chi connectivity index (χ1n) is 3.90. The highest BCUT2D eigenvalue weighted by Crippen LogP contribution is 2.16. The van der Waals surface area contributed by atoms with Crippen molar-refractivity contribution in [3.63, 3.8) is 0 Å². The minimum atomic E-state index is -0.477. The van der Waals surface area contributed by atoms with Crippen LogP contribution in [0.4, 0.5) is 4.79 Å². The highest BCUT2D eigenvalue weighted by Gasteiger charge is 2.06. The van der Waals surface area contributed by atoms with E-state index in [2.05, 4.69) is 4.98 Å². The smallest absolute Gasteiger partial charge is 0.323 e. The molecule has 0 bridgehead atoms. The molecule has 4 heteroatoms. The lowest BCUT2D eigenvalue weighted by molar-refractivity contribution is 0.250. The maximum absolute atomic E-state index is 10.9. The van der Waals surface area contributed by atoms with E-state index >= 15 is 0 Å². The normalized spacial score (nSPS) is 10.2. The maximum atomic E-state index is 10.9. The SMILES string of the molecule is NC(=O)n1cccc1-c1ccc[nH]1. The van der Waals surface area contributed by atoms with E-state index in [1.54, 1.807) is 18.5 Å². The molecule has 3 N–H and O–H groups in total. The zero-order valence-corrected chi connectivity index (χ0v) is 6.90. The fraction of sp³-hybridized carbons (Fsp3) is 0. The number of nitrogens with two attached hydrogens (primary N) is 1. The Morgan fingerprint density at radius 1 is 1.38 bits per heavy atom. The standard InChI is InChI=1S/C9H9N3O/c10-9(13)12-6-2-4-8(12)7-3-1-5-11-7/h1-6,11H,(H2,10,13). The first kappa shape index (κ1) is 7.67. The number of rotatable bonds is 1. The Balaban J connectivity index is 2.52. The van der Waals surface area contributed by atoms with Crippen LogP contribution in [0.3, 0.4) is 0 Å². The van der Waals surface area contributed by atoms with E-state index in [0.717, 1.165) is 11.4 Å². The molecule has 0 atom stereocenters. The first-order chi connectivity index (χ1) is 6.29. The van der Waals surface area contributed by atoms with Crippen LogP contribution in [0, 0.1) is 0 Å². The number of nitrogens with one attached hydrogen (secondary N) is 1. The van der Waals surface area contributed by atoms with Gasteiger partial charge in [-0.3, -0.25) is 4.57 Å². The van der Waals surface area contributed by atoms with Crippen molar-refractivity contribution < 1.29 is 4.79 Å². The summed E-state index contributed by atoms with van der Waals surface area (Å²) >= 11 is 0. The van der Waals surface area contributed by atoms with E-state index in [-0.39, 0.29) is 0 Å². The summed E-state index contributed by atoms with van der Waals surface area (Å²) in [6, 6.07) is 6.88. The van der Waals surface area contributed by atoms with Gasteiger partial charge in [0, 0.05) is 12.4 Å². The largest absolute Gasteiger partial charge is 0.360 e. The van der Waals surface area contributed by atoms with Gasteiger partial charge in [0.15, 0.2) is 0 Å². The van der Waals surface area contributed by atoms with E-state index in [9.17, 15) is 4.79 Å². The van der Waals surface area contributed by atoms with Gasteiger partial charge in [0.05, 0.1) is 11.4 Å². The highest BCUT2D eigenvalue weighted by atomic mass is 16.2. The second kappa shape index (κ2) is 2.82. The Hall–Kier alpha value is -1.97. The average Bonchev–Trinajstić information content (AvgIpc) is 2.74. The molecule has 4 nitrogen and oxygen atoms in total. The van der Waals surface area contributed by atoms with Crippen LogP contribution in [0.1, 0.15) is 0 Å². The topological polar surface area (TPSA) is 63.8 Å². The summed E-state index contributed by atoms with van der Waals surface area (Å²) in [5.74, 6) is 0. The third-order valence-electron chi connectivity index (χ3n) is 1.86. The molecular weight excluding hydrogens is 166 g/mol. The molecule has 0 saturated carbocycles. The minimum Gasteiger partial charge on any atom is -0.360 e. The molecule has 0 saturated heterocycles. The number of hydrogen-bond acceptors (Lipinski definition) is 1. The monoisotopic (exact) mass is 175 g/mol. The Labute approximate surface area is 75.0 Å². The van der Waals surface area contributed by atoms with E-state index in [4.69, 9.17) is 5.73 Å². The molecule has 2 heterocycles. The van der Waals surface area contributed by atoms with Crippen LogP contribution >= 0.6 is 0 Å². The molecule has 0 fully saturated rings. The quantitative estimate of drug-likeness (QED) is 0.676. The van der Waals surface area contributed by atoms with Crippen LogP contribution < -0.4 is 5.73 Å². The van der Waals surface area contributed by atoms with Crippen molar-refractivity contribution in [1.29, 1.82) is 0 Å². The summed E-state index contributed by atoms with van der Waals surface area (Å²) in [5, 5.41) is 0. The van der Waals surface area contributed by atoms with Crippen molar-refractivity contribution in [1.82, 2.24) is 9.55 Å². The van der Waals surface area contributed by atoms with Crippen LogP contribution in [0.2, 0.25) is 0 Å². The van der Waals surface area contributed by atoms with Crippen molar-refractivity contribution in [2.24, 2.45) is 5.73 Å². The minimum absolute atomic E-state index is 0.477. The lowest BCUT2D eigenvalue weighted by Crippen LogP contribution is -2.19. The van der Waals surface area contributed by atoms with E-state index in [1.807, 2.05) is 18.2 Å². The van der Waals surface area contributed by atoms with Gasteiger partial charge in [0.25, 0.3) is 0 Å². The molecule has 0 aromatic carbocycles. The predicted octanol–water partition coefficient (Wildman–Crippen LogP) is 1.41. The van der Waals surface area contributed by atoms with E-state index in [0.29, 0.717) is 0 Å². The van der Waals surface area contributed by atoms with E-state index in [1.165, 1.54) is 4.57 Å². The van der Waals surface area contributed by atoms with Crippen molar-refractivity contribution >= 4 is 6.03 Å². The molecule has 13 heavy (non-hydrogen) atoms. The number of hydrogen-bond donors (Lipinski definition) is 2. The zero-order chi connectivity index (χ0) is 9.26. The summed E-state index contributed by atoms with van der Waals surface area (Å²) in [4.78, 5) is 14.0. The summed E-state index contributed by atoms with van der Waals surface area (Å²) in [7, 11) is 0. The van der Waals surface area contributed by atoms with Gasteiger partial charge in [0.2, 0.25) is 0 Å². The summed E-state index contributed by atoms with van der Waals surface area (Å²) in [6.07, 6.45) is 3.44.